The highest BCUT2D eigenvalue weighted by atomic mass is 19.1. The van der Waals surface area contributed by atoms with Gasteiger partial charge in [-0.25, -0.2) is 14.1 Å². The minimum absolute atomic E-state index is 0.215. The predicted molar refractivity (Wildman–Crippen MR) is 112 cm³/mol. The van der Waals surface area contributed by atoms with Gasteiger partial charge in [-0.15, -0.1) is 0 Å². The van der Waals surface area contributed by atoms with E-state index in [4.69, 9.17) is 0 Å². The lowest BCUT2D eigenvalue weighted by molar-refractivity contribution is -0.116. The van der Waals surface area contributed by atoms with Crippen molar-refractivity contribution in [1.82, 2.24) is 19.3 Å². The molecule has 152 valence electrons. The second-order valence-corrected chi connectivity index (χ2v) is 7.27. The molecule has 7 nitrogen and oxygen atoms in total. The predicted octanol–water partition coefficient (Wildman–Crippen LogP) is 3.48. The molecule has 0 aliphatic carbocycles. The van der Waals surface area contributed by atoms with Gasteiger partial charge in [0.15, 0.2) is 5.65 Å². The first kappa shape index (κ1) is 19.5. The molecule has 30 heavy (non-hydrogen) atoms. The molecule has 0 bridgehead atoms. The van der Waals surface area contributed by atoms with Gasteiger partial charge >= 0.3 is 0 Å². The monoisotopic (exact) mass is 405 g/mol. The number of hydrogen-bond donors (Lipinski definition) is 1. The number of carbonyl (C=O) groups excluding carboxylic acids is 1. The molecule has 0 radical (unpaired) electrons. The molecule has 8 heteroatoms. The molecule has 0 atom stereocenters. The zero-order valence-electron chi connectivity index (χ0n) is 16.5. The number of nitrogens with one attached hydrogen (secondary N) is 1. The summed E-state index contributed by atoms with van der Waals surface area (Å²) < 4.78 is 15.8. The molecule has 0 unspecified atom stereocenters. The van der Waals surface area contributed by atoms with E-state index >= 15 is 0 Å². The minimum atomic E-state index is -0.415. The average Bonchev–Trinajstić information content (AvgIpc) is 3.17. The maximum absolute atomic E-state index is 13.0. The Kier molecular flexibility index (Phi) is 5.14. The van der Waals surface area contributed by atoms with E-state index in [1.54, 1.807) is 4.68 Å². The highest BCUT2D eigenvalue weighted by molar-refractivity contribution is 5.90. The highest BCUT2D eigenvalue weighted by Gasteiger charge is 2.13. The second kappa shape index (κ2) is 7.90. The van der Waals surface area contributed by atoms with Crippen LogP contribution in [0.5, 0.6) is 0 Å². The molecule has 1 N–H and O–H groups in total. The molecule has 1 amide bonds. The average molecular weight is 405 g/mol. The number of aromatic nitrogens is 4. The van der Waals surface area contributed by atoms with Crippen LogP contribution in [0.15, 0.2) is 65.8 Å². The summed E-state index contributed by atoms with van der Waals surface area (Å²) in [5.74, 6) is -0.393. The summed E-state index contributed by atoms with van der Waals surface area (Å²) in [5.41, 5.74) is 2.51. The lowest BCUT2D eigenvalue weighted by atomic mass is 10.0. The first-order chi connectivity index (χ1) is 14.4. The minimum Gasteiger partial charge on any atom is -0.325 e. The molecular formula is C22H20FN5O2. The Morgan fingerprint density at radius 3 is 2.47 bits per heavy atom. The number of nitrogens with zero attached hydrogens (tertiary/aromatic N) is 4. The summed E-state index contributed by atoms with van der Waals surface area (Å²) in [4.78, 5) is 29.4. The van der Waals surface area contributed by atoms with Gasteiger partial charge in [-0.05, 0) is 47.9 Å². The van der Waals surface area contributed by atoms with Gasteiger partial charge in [-0.1, -0.05) is 26.0 Å². The van der Waals surface area contributed by atoms with E-state index in [1.165, 1.54) is 46.9 Å². The summed E-state index contributed by atoms with van der Waals surface area (Å²) in [6, 6.07) is 13.3. The largest absolute Gasteiger partial charge is 0.325 e. The number of halogens is 1. The van der Waals surface area contributed by atoms with Crippen molar-refractivity contribution >= 4 is 22.6 Å². The Morgan fingerprint density at radius 1 is 1.10 bits per heavy atom. The molecule has 2 heterocycles. The normalized spacial score (nSPS) is 11.2. The molecule has 0 aliphatic rings. The van der Waals surface area contributed by atoms with Gasteiger partial charge in [0, 0.05) is 5.69 Å². The third-order valence-electron chi connectivity index (χ3n) is 4.80. The smallest absolute Gasteiger partial charge is 0.264 e. The van der Waals surface area contributed by atoms with Gasteiger partial charge in [-0.3, -0.25) is 14.2 Å². The Morgan fingerprint density at radius 2 is 1.80 bits per heavy atom. The van der Waals surface area contributed by atoms with E-state index in [1.807, 2.05) is 24.3 Å². The molecule has 0 fully saturated rings. The Balaban J connectivity index is 1.58. The fraction of sp³-hybridized carbons (Fsp3) is 0.182. The summed E-state index contributed by atoms with van der Waals surface area (Å²) >= 11 is 0. The molecule has 4 rings (SSSR count). The standard InChI is InChI=1S/C22H20FN5O2/c1-14(2)15-3-9-18(10-4-15)28-21-19(11-25-28)22(30)27(13-24-21)12-20(29)26-17-7-5-16(23)6-8-17/h3-11,13-14H,12H2,1-2H3,(H,26,29). The lowest BCUT2D eigenvalue weighted by Gasteiger charge is -2.09. The van der Waals surface area contributed by atoms with E-state index in [0.29, 0.717) is 22.6 Å². The van der Waals surface area contributed by atoms with Gasteiger partial charge in [-0.2, -0.15) is 5.10 Å². The summed E-state index contributed by atoms with van der Waals surface area (Å²) in [6.07, 6.45) is 2.78. The number of anilines is 1. The number of hydrogen-bond acceptors (Lipinski definition) is 4. The van der Waals surface area contributed by atoms with Crippen molar-refractivity contribution in [3.8, 4) is 5.69 Å². The topological polar surface area (TPSA) is 81.8 Å². The molecule has 2 aromatic carbocycles. The molecule has 0 aliphatic heterocycles. The maximum Gasteiger partial charge on any atom is 0.264 e. The van der Waals surface area contributed by atoms with Crippen LogP contribution < -0.4 is 10.9 Å². The molecule has 0 saturated carbocycles. The first-order valence-electron chi connectivity index (χ1n) is 9.51. The Hall–Kier alpha value is -3.81. The SMILES string of the molecule is CC(C)c1ccc(-n2ncc3c(=O)n(CC(=O)Nc4ccc(F)cc4)cnc32)cc1. The van der Waals surface area contributed by atoms with Crippen molar-refractivity contribution < 1.29 is 9.18 Å². The fourth-order valence-electron chi connectivity index (χ4n) is 3.14. The number of benzene rings is 2. The van der Waals surface area contributed by atoms with Crippen molar-refractivity contribution in [1.29, 1.82) is 0 Å². The van der Waals surface area contributed by atoms with Crippen LogP contribution in [0.25, 0.3) is 16.7 Å². The van der Waals surface area contributed by atoms with Crippen LogP contribution in [0.3, 0.4) is 0 Å². The third kappa shape index (κ3) is 3.84. The van der Waals surface area contributed by atoms with Crippen LogP contribution in [-0.2, 0) is 11.3 Å². The number of rotatable bonds is 5. The van der Waals surface area contributed by atoms with Gasteiger partial charge in [0.05, 0.1) is 11.9 Å². The van der Waals surface area contributed by atoms with Crippen LogP contribution in [0.4, 0.5) is 10.1 Å². The highest BCUT2D eigenvalue weighted by Crippen LogP contribution is 2.18. The first-order valence-corrected chi connectivity index (χ1v) is 9.51. The van der Waals surface area contributed by atoms with Crippen molar-refractivity contribution in [2.24, 2.45) is 0 Å². The van der Waals surface area contributed by atoms with E-state index in [9.17, 15) is 14.0 Å². The maximum atomic E-state index is 13.0. The zero-order valence-corrected chi connectivity index (χ0v) is 16.5. The van der Waals surface area contributed by atoms with Crippen LogP contribution in [0.1, 0.15) is 25.3 Å². The van der Waals surface area contributed by atoms with Crippen LogP contribution in [-0.4, -0.2) is 25.2 Å². The number of fused-ring (bicyclic) bond motifs is 1. The zero-order chi connectivity index (χ0) is 21.3. The van der Waals surface area contributed by atoms with E-state index in [-0.39, 0.29) is 12.1 Å². The second-order valence-electron chi connectivity index (χ2n) is 7.27. The third-order valence-corrected chi connectivity index (χ3v) is 4.80. The van der Waals surface area contributed by atoms with Gasteiger partial charge < -0.3 is 5.32 Å². The summed E-state index contributed by atoms with van der Waals surface area (Å²) in [7, 11) is 0. The summed E-state index contributed by atoms with van der Waals surface area (Å²) in [6.45, 7) is 4.02. The summed E-state index contributed by atoms with van der Waals surface area (Å²) in [5, 5.41) is 7.25. The molecule has 2 aromatic heterocycles. The fourth-order valence-corrected chi connectivity index (χ4v) is 3.14. The van der Waals surface area contributed by atoms with Crippen LogP contribution >= 0.6 is 0 Å². The van der Waals surface area contributed by atoms with E-state index in [2.05, 4.69) is 29.2 Å². The van der Waals surface area contributed by atoms with E-state index in [0.717, 1.165) is 5.69 Å². The lowest BCUT2D eigenvalue weighted by Crippen LogP contribution is -2.27. The molecule has 0 saturated heterocycles. The molecular weight excluding hydrogens is 385 g/mol. The van der Waals surface area contributed by atoms with E-state index < -0.39 is 11.7 Å². The quantitative estimate of drug-likeness (QED) is 0.551. The molecule has 0 spiro atoms. The number of carbonyl (C=O) groups is 1. The Bertz CT molecular complexity index is 1260. The molecule has 4 aromatic rings. The van der Waals surface area contributed by atoms with Gasteiger partial charge in [0.25, 0.3) is 5.56 Å². The van der Waals surface area contributed by atoms with Crippen LogP contribution in [0, 0.1) is 5.82 Å². The number of amides is 1. The van der Waals surface area contributed by atoms with Gasteiger partial charge in [0.1, 0.15) is 24.1 Å². The van der Waals surface area contributed by atoms with Crippen molar-refractivity contribution in [2.75, 3.05) is 5.32 Å². The Labute approximate surface area is 171 Å². The van der Waals surface area contributed by atoms with Crippen molar-refractivity contribution in [2.45, 2.75) is 26.3 Å². The van der Waals surface area contributed by atoms with Gasteiger partial charge in [0.2, 0.25) is 5.91 Å². The van der Waals surface area contributed by atoms with Crippen LogP contribution in [0.2, 0.25) is 0 Å². The van der Waals surface area contributed by atoms with Crippen molar-refractivity contribution in [3.05, 3.63) is 82.8 Å². The van der Waals surface area contributed by atoms with Crippen molar-refractivity contribution in [3.63, 3.8) is 0 Å².